The molecular weight excluding hydrogens is 296 g/mol. The maximum atomic E-state index is 4.76. The molecule has 1 heterocycles. The summed E-state index contributed by atoms with van der Waals surface area (Å²) in [6.45, 7) is 3.74. The molecule has 24 heavy (non-hydrogen) atoms. The second kappa shape index (κ2) is 7.59. The normalized spacial score (nSPS) is 10.4. The van der Waals surface area contributed by atoms with Crippen LogP contribution in [-0.4, -0.2) is 23.6 Å². The van der Waals surface area contributed by atoms with Gasteiger partial charge in [0, 0.05) is 32.0 Å². The molecule has 0 aliphatic carbocycles. The predicted molar refractivity (Wildman–Crippen MR) is 99.7 cm³/mol. The molecule has 0 amide bonds. The van der Waals surface area contributed by atoms with E-state index >= 15 is 0 Å². The fourth-order valence-corrected chi connectivity index (χ4v) is 2.67. The Balaban J connectivity index is 1.83. The van der Waals surface area contributed by atoms with Crippen LogP contribution in [0.1, 0.15) is 12.5 Å². The quantitative estimate of drug-likeness (QED) is 0.679. The molecule has 0 saturated heterocycles. The summed E-state index contributed by atoms with van der Waals surface area (Å²) < 4.78 is 0. The molecule has 4 nitrogen and oxygen atoms in total. The van der Waals surface area contributed by atoms with E-state index in [9.17, 15) is 0 Å². The van der Waals surface area contributed by atoms with Gasteiger partial charge in [-0.05, 0) is 30.7 Å². The zero-order chi connectivity index (χ0) is 16.8. The molecule has 0 aliphatic rings. The minimum Gasteiger partial charge on any atom is -0.355 e. The van der Waals surface area contributed by atoms with Crippen LogP contribution >= 0.6 is 0 Å². The van der Waals surface area contributed by atoms with Gasteiger partial charge in [-0.3, -0.25) is 0 Å². The van der Waals surface area contributed by atoms with Gasteiger partial charge in [0.25, 0.3) is 0 Å². The van der Waals surface area contributed by atoms with E-state index in [0.717, 1.165) is 30.5 Å². The molecule has 3 rings (SSSR count). The number of aromatic nitrogens is 2. The number of nitrogens with zero attached hydrogens (tertiary/aromatic N) is 4. The van der Waals surface area contributed by atoms with Gasteiger partial charge in [0.1, 0.15) is 5.82 Å². The fourth-order valence-electron chi connectivity index (χ4n) is 2.67. The van der Waals surface area contributed by atoms with Crippen molar-refractivity contribution in [2.24, 2.45) is 0 Å². The van der Waals surface area contributed by atoms with Crippen molar-refractivity contribution in [3.63, 3.8) is 0 Å². The lowest BCUT2D eigenvalue weighted by atomic mass is 10.2. The molecule has 0 fully saturated rings. The topological polar surface area (TPSA) is 32.3 Å². The first-order chi connectivity index (χ1) is 11.8. The van der Waals surface area contributed by atoms with Crippen molar-refractivity contribution >= 4 is 17.5 Å². The standard InChI is InChI=1S/C20H22N4/c1-3-24(18-12-8-5-9-13-18)20-21-15-14-19(22-20)23(2)16-17-10-6-4-7-11-17/h4-15H,3,16H2,1-2H3. The Morgan fingerprint density at radius 3 is 2.21 bits per heavy atom. The maximum absolute atomic E-state index is 4.76. The maximum Gasteiger partial charge on any atom is 0.231 e. The van der Waals surface area contributed by atoms with Crippen LogP contribution in [0.15, 0.2) is 72.9 Å². The molecule has 3 aromatic rings. The minimum absolute atomic E-state index is 0.723. The first-order valence-corrected chi connectivity index (χ1v) is 8.18. The SMILES string of the molecule is CCN(c1ccccc1)c1nccc(N(C)Cc2ccccc2)n1. The summed E-state index contributed by atoms with van der Waals surface area (Å²) in [6.07, 6.45) is 1.82. The Hall–Kier alpha value is -2.88. The molecule has 1 aromatic heterocycles. The summed E-state index contributed by atoms with van der Waals surface area (Å²) in [5.74, 6) is 1.64. The minimum atomic E-state index is 0.723. The van der Waals surface area contributed by atoms with Crippen LogP contribution < -0.4 is 9.80 Å². The van der Waals surface area contributed by atoms with Crippen molar-refractivity contribution in [2.75, 3.05) is 23.4 Å². The summed E-state index contributed by atoms with van der Waals surface area (Å²) in [5, 5.41) is 0. The second-order valence-corrected chi connectivity index (χ2v) is 5.64. The van der Waals surface area contributed by atoms with Crippen molar-refractivity contribution in [1.29, 1.82) is 0 Å². The second-order valence-electron chi connectivity index (χ2n) is 5.64. The highest BCUT2D eigenvalue weighted by Gasteiger charge is 2.12. The number of rotatable bonds is 6. The monoisotopic (exact) mass is 318 g/mol. The van der Waals surface area contributed by atoms with E-state index in [4.69, 9.17) is 4.98 Å². The van der Waals surface area contributed by atoms with E-state index in [1.807, 2.05) is 36.5 Å². The summed E-state index contributed by atoms with van der Waals surface area (Å²) in [4.78, 5) is 13.5. The highest BCUT2D eigenvalue weighted by molar-refractivity contribution is 5.58. The van der Waals surface area contributed by atoms with E-state index in [0.29, 0.717) is 0 Å². The molecule has 0 N–H and O–H groups in total. The number of benzene rings is 2. The van der Waals surface area contributed by atoms with Crippen LogP contribution in [0.4, 0.5) is 17.5 Å². The molecule has 0 bridgehead atoms. The van der Waals surface area contributed by atoms with Gasteiger partial charge in [-0.15, -0.1) is 0 Å². The van der Waals surface area contributed by atoms with Crippen molar-refractivity contribution < 1.29 is 0 Å². The Morgan fingerprint density at radius 2 is 1.54 bits per heavy atom. The van der Waals surface area contributed by atoms with Gasteiger partial charge in [0.2, 0.25) is 5.95 Å². The number of hydrogen-bond acceptors (Lipinski definition) is 4. The lowest BCUT2D eigenvalue weighted by Crippen LogP contribution is -2.22. The van der Waals surface area contributed by atoms with Gasteiger partial charge in [-0.25, -0.2) is 4.98 Å². The third kappa shape index (κ3) is 3.71. The van der Waals surface area contributed by atoms with Crippen molar-refractivity contribution in [2.45, 2.75) is 13.5 Å². The Kier molecular flexibility index (Phi) is 5.06. The van der Waals surface area contributed by atoms with Crippen LogP contribution in [0.3, 0.4) is 0 Å². The lowest BCUT2D eigenvalue weighted by Gasteiger charge is -2.23. The third-order valence-electron chi connectivity index (χ3n) is 3.91. The Morgan fingerprint density at radius 1 is 0.875 bits per heavy atom. The molecular formula is C20H22N4. The van der Waals surface area contributed by atoms with Gasteiger partial charge in [0.05, 0.1) is 0 Å². The van der Waals surface area contributed by atoms with Crippen molar-refractivity contribution in [1.82, 2.24) is 9.97 Å². The Labute approximate surface area is 143 Å². The summed E-state index contributed by atoms with van der Waals surface area (Å²) in [5.41, 5.74) is 2.36. The number of para-hydroxylation sites is 1. The van der Waals surface area contributed by atoms with Gasteiger partial charge in [-0.1, -0.05) is 48.5 Å². The van der Waals surface area contributed by atoms with Crippen LogP contribution in [0.2, 0.25) is 0 Å². The molecule has 122 valence electrons. The van der Waals surface area contributed by atoms with E-state index in [1.54, 1.807) is 0 Å². The first-order valence-electron chi connectivity index (χ1n) is 8.18. The van der Waals surface area contributed by atoms with Gasteiger partial charge >= 0.3 is 0 Å². The fraction of sp³-hybridized carbons (Fsp3) is 0.200. The molecule has 0 radical (unpaired) electrons. The van der Waals surface area contributed by atoms with Crippen molar-refractivity contribution in [3.05, 3.63) is 78.5 Å². The van der Waals surface area contributed by atoms with E-state index in [2.05, 4.69) is 65.2 Å². The van der Waals surface area contributed by atoms with Crippen LogP contribution in [0.5, 0.6) is 0 Å². The van der Waals surface area contributed by atoms with Gasteiger partial charge in [0.15, 0.2) is 0 Å². The molecule has 2 aromatic carbocycles. The van der Waals surface area contributed by atoms with Crippen molar-refractivity contribution in [3.8, 4) is 0 Å². The molecule has 0 atom stereocenters. The highest BCUT2D eigenvalue weighted by Crippen LogP contribution is 2.23. The largest absolute Gasteiger partial charge is 0.355 e. The summed E-state index contributed by atoms with van der Waals surface area (Å²) in [6, 6.07) is 22.6. The molecule has 0 unspecified atom stereocenters. The Bertz CT molecular complexity index is 759. The average Bonchev–Trinajstić information content (AvgIpc) is 2.64. The van der Waals surface area contributed by atoms with E-state index in [1.165, 1.54) is 5.56 Å². The van der Waals surface area contributed by atoms with Gasteiger partial charge < -0.3 is 9.80 Å². The number of hydrogen-bond donors (Lipinski definition) is 0. The zero-order valence-electron chi connectivity index (χ0n) is 14.1. The predicted octanol–water partition coefficient (Wildman–Crippen LogP) is 4.27. The van der Waals surface area contributed by atoms with E-state index < -0.39 is 0 Å². The third-order valence-corrected chi connectivity index (χ3v) is 3.91. The van der Waals surface area contributed by atoms with Gasteiger partial charge in [-0.2, -0.15) is 4.98 Å². The van der Waals surface area contributed by atoms with Crippen LogP contribution in [0.25, 0.3) is 0 Å². The highest BCUT2D eigenvalue weighted by atomic mass is 15.3. The average molecular weight is 318 g/mol. The molecule has 0 saturated carbocycles. The molecule has 0 spiro atoms. The zero-order valence-corrected chi connectivity index (χ0v) is 14.1. The van der Waals surface area contributed by atoms with E-state index in [-0.39, 0.29) is 0 Å². The molecule has 0 aliphatic heterocycles. The smallest absolute Gasteiger partial charge is 0.231 e. The lowest BCUT2D eigenvalue weighted by molar-refractivity contribution is 0.874. The first kappa shape index (κ1) is 16.0. The molecule has 4 heteroatoms. The van der Waals surface area contributed by atoms with Crippen LogP contribution in [0, 0.1) is 0 Å². The van der Waals surface area contributed by atoms with Crippen LogP contribution in [-0.2, 0) is 6.54 Å². The number of anilines is 3. The summed E-state index contributed by atoms with van der Waals surface area (Å²) >= 11 is 0. The summed E-state index contributed by atoms with van der Waals surface area (Å²) in [7, 11) is 2.05.